The van der Waals surface area contributed by atoms with Crippen LogP contribution in [0.1, 0.15) is 315 Å². The highest BCUT2D eigenvalue weighted by Crippen LogP contribution is 2.46. The van der Waals surface area contributed by atoms with Crippen LogP contribution in [0.5, 0.6) is 0 Å². The van der Waals surface area contributed by atoms with Crippen LogP contribution in [0.25, 0.3) is 0 Å². The summed E-state index contributed by atoms with van der Waals surface area (Å²) >= 11 is 3.10. The van der Waals surface area contributed by atoms with E-state index in [4.69, 9.17) is 29.0 Å². The molecule has 6 heterocycles. The summed E-state index contributed by atoms with van der Waals surface area (Å²) in [5.74, 6) is 3.07. The fraction of sp³-hybridized carbons (Fsp3) is 0.931. The lowest BCUT2D eigenvalue weighted by atomic mass is 9.78. The summed E-state index contributed by atoms with van der Waals surface area (Å²) in [5, 5.41) is 12.4. The Morgan fingerprint density at radius 2 is 0.389 bits per heavy atom. The molecule has 0 saturated carbocycles. The standard InChI is InChI=1S/C32H62N4O4.C28H54N4O4S.C26H50N4O4S.CH4/c1-29(2)21-25(22-30(3,4)35(29)39-11)33(9)27(37)19-17-15-13-14-16-18-20-28(38)34(10)26-23-31(5,6)36(40-12)32(7,8)24-26;1-25(2)17-21(18-26(3,4)31(25)35-11)29(9)23(33)13-15-37-16-14-24(34)30(10)22-19-27(5,6)32(36-12)28(7,8)20-22;1-23(2)13-19(14-24(3,4)29(23)33-11)27(9)21(31)17-35-18-22(32)28(10)20-15-25(5,6)30(34-12)26(7,8)16-20;/h25-26H,13-24H2,1-12H3;21-22H,13-20H2,1-12H3;19-20H,13-18H2,1-12H3;1H4. The van der Waals surface area contributed by atoms with Crippen LogP contribution in [0.4, 0.5) is 0 Å². The lowest BCUT2D eigenvalue weighted by Crippen LogP contribution is -2.64. The van der Waals surface area contributed by atoms with E-state index in [1.54, 1.807) is 54.4 Å². The van der Waals surface area contributed by atoms with Gasteiger partial charge in [0, 0.05) is 182 Å². The quantitative estimate of drug-likeness (QED) is 0.0594. The van der Waals surface area contributed by atoms with E-state index in [-0.39, 0.29) is 146 Å². The first-order chi connectivity index (χ1) is 51.2. The Hall–Kier alpha value is -2.96. The van der Waals surface area contributed by atoms with E-state index in [0.29, 0.717) is 37.2 Å². The Labute approximate surface area is 698 Å². The van der Waals surface area contributed by atoms with E-state index in [1.165, 1.54) is 11.8 Å². The van der Waals surface area contributed by atoms with Gasteiger partial charge in [-0.3, -0.25) is 28.8 Å². The maximum Gasteiger partial charge on any atom is 0.232 e. The van der Waals surface area contributed by atoms with Gasteiger partial charge in [-0.05, 0) is 256 Å². The van der Waals surface area contributed by atoms with Gasteiger partial charge >= 0.3 is 0 Å². The fourth-order valence-electron chi connectivity index (χ4n) is 21.9. The highest BCUT2D eigenvalue weighted by molar-refractivity contribution is 8.00. The zero-order chi connectivity index (χ0) is 85.9. The van der Waals surface area contributed by atoms with Crippen LogP contribution in [0.15, 0.2) is 0 Å². The zero-order valence-electron chi connectivity index (χ0n) is 77.9. The highest BCUT2D eigenvalue weighted by Gasteiger charge is 2.54. The van der Waals surface area contributed by atoms with Gasteiger partial charge in [-0.2, -0.15) is 42.1 Å². The highest BCUT2D eigenvalue weighted by atomic mass is 32.2. The number of rotatable bonds is 31. The number of carbonyl (C=O) groups excluding carboxylic acids is 6. The molecule has 24 nitrogen and oxygen atoms in total. The molecule has 0 aromatic heterocycles. The molecule has 0 radical (unpaired) electrons. The van der Waals surface area contributed by atoms with Crippen LogP contribution < -0.4 is 0 Å². The lowest BCUT2D eigenvalue weighted by molar-refractivity contribution is -0.271. The van der Waals surface area contributed by atoms with Gasteiger partial charge < -0.3 is 58.4 Å². The second-order valence-corrected chi connectivity index (χ2v) is 43.4. The molecule has 6 fully saturated rings. The predicted molar refractivity (Wildman–Crippen MR) is 464 cm³/mol. The third kappa shape index (κ3) is 27.3. The van der Waals surface area contributed by atoms with E-state index in [0.717, 1.165) is 127 Å². The second kappa shape index (κ2) is 41.5. The van der Waals surface area contributed by atoms with Crippen LogP contribution >= 0.6 is 23.5 Å². The molecule has 26 heteroatoms. The van der Waals surface area contributed by atoms with Crippen molar-refractivity contribution in [2.45, 2.75) is 418 Å². The SMILES string of the molecule is C.CON1C(C)(C)CC(N(C)C(=O)CCCCCCCCC(=O)N(C)C2CC(C)(C)N(OC)C(C)(C)C2)CC1(C)C.CON1C(C)(C)CC(N(C)C(=O)CCSCCC(=O)N(C)C2CC(C)(C)N(OC)C(C)(C)C2)CC1(C)C.CON1C(C)(C)CC(N(C)C(=O)CSCC(=O)N(C)C2CC(C)(C)N(OC)C(C)(C)C2)CC1(C)C. The minimum atomic E-state index is -0.179. The molecule has 0 aliphatic carbocycles. The molecule has 0 bridgehead atoms. The number of piperidine rings is 6. The molecule has 6 rings (SSSR count). The molecule has 0 N–H and O–H groups in total. The van der Waals surface area contributed by atoms with Gasteiger partial charge in [-0.15, -0.1) is 11.8 Å². The molecule has 113 heavy (non-hydrogen) atoms. The number of hydroxylamine groups is 12. The molecular weight excluding hydrogens is 1470 g/mol. The van der Waals surface area contributed by atoms with Crippen molar-refractivity contribution in [1.29, 1.82) is 0 Å². The molecule has 0 aromatic carbocycles. The number of hydrogen-bond donors (Lipinski definition) is 0. The molecule has 0 unspecified atom stereocenters. The summed E-state index contributed by atoms with van der Waals surface area (Å²) in [5.41, 5.74) is -1.82. The molecule has 662 valence electrons. The normalized spacial score (nSPS) is 23.8. The number of thioether (sulfide) groups is 2. The average Bonchev–Trinajstić information content (AvgIpc) is 0.803. The molecule has 0 atom stereocenters. The van der Waals surface area contributed by atoms with Crippen molar-refractivity contribution >= 4 is 59.0 Å². The van der Waals surface area contributed by atoms with Crippen LogP contribution in [0.3, 0.4) is 0 Å². The molecule has 0 spiro atoms. The van der Waals surface area contributed by atoms with Gasteiger partial charge in [0.25, 0.3) is 0 Å². The first kappa shape index (κ1) is 104. The largest absolute Gasteiger partial charge is 0.343 e. The summed E-state index contributed by atoms with van der Waals surface area (Å²) < 4.78 is 0. The monoisotopic (exact) mass is 1640 g/mol. The fourth-order valence-corrected chi connectivity index (χ4v) is 23.6. The summed E-state index contributed by atoms with van der Waals surface area (Å²) in [7, 11) is 22.0. The van der Waals surface area contributed by atoms with Crippen molar-refractivity contribution in [1.82, 2.24) is 59.8 Å². The van der Waals surface area contributed by atoms with Crippen LogP contribution in [0, 0.1) is 0 Å². The summed E-state index contributed by atoms with van der Waals surface area (Å²) in [6.07, 6.45) is 18.9. The van der Waals surface area contributed by atoms with Gasteiger partial charge in [0.05, 0.1) is 54.2 Å². The van der Waals surface area contributed by atoms with Crippen molar-refractivity contribution in [3.8, 4) is 0 Å². The van der Waals surface area contributed by atoms with Gasteiger partial charge in [-0.25, -0.2) is 0 Å². The number of amides is 6. The van der Waals surface area contributed by atoms with Gasteiger partial charge in [0.2, 0.25) is 35.4 Å². The molecular formula is C87H170N12O12S2. The molecule has 6 aliphatic rings. The van der Waals surface area contributed by atoms with Crippen molar-refractivity contribution in [2.75, 3.05) is 108 Å². The van der Waals surface area contributed by atoms with Crippen molar-refractivity contribution in [3.63, 3.8) is 0 Å². The maximum absolute atomic E-state index is 13.0. The molecule has 6 amide bonds. The van der Waals surface area contributed by atoms with E-state index in [9.17, 15) is 28.8 Å². The van der Waals surface area contributed by atoms with E-state index in [1.807, 2.05) is 71.7 Å². The van der Waals surface area contributed by atoms with E-state index < -0.39 is 0 Å². The van der Waals surface area contributed by atoms with Gasteiger partial charge in [0.1, 0.15) is 0 Å². The zero-order valence-corrected chi connectivity index (χ0v) is 79.6. The van der Waals surface area contributed by atoms with Gasteiger partial charge in [-0.1, -0.05) is 33.1 Å². The molecule has 6 saturated heterocycles. The Morgan fingerprint density at radius 1 is 0.248 bits per heavy atom. The van der Waals surface area contributed by atoms with Crippen molar-refractivity contribution in [3.05, 3.63) is 0 Å². The smallest absolute Gasteiger partial charge is 0.232 e. The summed E-state index contributed by atoms with van der Waals surface area (Å²) in [6.45, 7) is 52.2. The Balaban J connectivity index is 0.000000438. The van der Waals surface area contributed by atoms with Crippen molar-refractivity contribution in [2.24, 2.45) is 0 Å². The van der Waals surface area contributed by atoms with E-state index >= 15 is 0 Å². The summed E-state index contributed by atoms with van der Waals surface area (Å²) in [4.78, 5) is 124. The third-order valence-electron chi connectivity index (χ3n) is 25.6. The number of hydrogen-bond acceptors (Lipinski definition) is 20. The predicted octanol–water partition coefficient (Wildman–Crippen LogP) is 15.2. The first-order valence-electron chi connectivity index (χ1n) is 41.9. The molecule has 6 aliphatic heterocycles. The Kier molecular flexibility index (Phi) is 38.3. The minimum absolute atomic E-state index is 0. The maximum atomic E-state index is 13.0. The summed E-state index contributed by atoms with van der Waals surface area (Å²) in [6, 6.07) is 1.08. The lowest BCUT2D eigenvalue weighted by Gasteiger charge is -2.54. The number of carbonyl (C=O) groups is 6. The molecule has 0 aromatic rings. The first-order valence-corrected chi connectivity index (χ1v) is 44.3. The van der Waals surface area contributed by atoms with Crippen LogP contribution in [-0.2, 0) is 57.8 Å². The van der Waals surface area contributed by atoms with Crippen LogP contribution in [0.2, 0.25) is 0 Å². The van der Waals surface area contributed by atoms with Gasteiger partial charge in [0.15, 0.2) is 0 Å². The minimum Gasteiger partial charge on any atom is -0.343 e. The number of unbranched alkanes of at least 4 members (excludes halogenated alkanes) is 5. The Bertz CT molecular complexity index is 2730. The van der Waals surface area contributed by atoms with E-state index in [2.05, 4.69) is 197 Å². The number of nitrogens with zero attached hydrogens (tertiary/aromatic N) is 12. The second-order valence-electron chi connectivity index (χ2n) is 41.2. The Morgan fingerprint density at radius 3 is 0.549 bits per heavy atom. The average molecular weight is 1640 g/mol. The van der Waals surface area contributed by atoms with Crippen LogP contribution in [-0.4, -0.2) is 306 Å². The van der Waals surface area contributed by atoms with Crippen molar-refractivity contribution < 1.29 is 57.8 Å². The topological polar surface area (TPSA) is 197 Å². The third-order valence-corrected chi connectivity index (χ3v) is 27.5.